The van der Waals surface area contributed by atoms with E-state index >= 15 is 0 Å². The maximum absolute atomic E-state index is 14.2. The number of halogens is 2. The summed E-state index contributed by atoms with van der Waals surface area (Å²) in [6.45, 7) is 5.48. The first-order valence-electron chi connectivity index (χ1n) is 6.43. The molecule has 0 saturated carbocycles. The van der Waals surface area contributed by atoms with Gasteiger partial charge in [-0.3, -0.25) is 0 Å². The highest BCUT2D eigenvalue weighted by Crippen LogP contribution is 2.34. The summed E-state index contributed by atoms with van der Waals surface area (Å²) in [5, 5.41) is 3.66. The first kappa shape index (κ1) is 12.4. The molecule has 19 heavy (non-hydrogen) atoms. The Labute approximate surface area is 110 Å². The van der Waals surface area contributed by atoms with Crippen LogP contribution in [0.15, 0.2) is 22.8 Å². The van der Waals surface area contributed by atoms with Gasteiger partial charge in [0.15, 0.2) is 11.4 Å². The van der Waals surface area contributed by atoms with Crippen molar-refractivity contribution in [3.63, 3.8) is 0 Å². The van der Waals surface area contributed by atoms with Gasteiger partial charge < -0.3 is 14.6 Å². The molecule has 0 spiro atoms. The quantitative estimate of drug-likeness (QED) is 0.860. The van der Waals surface area contributed by atoms with Crippen molar-refractivity contribution < 1.29 is 13.2 Å². The largest absolute Gasteiger partial charge is 0.462 e. The number of piperazine rings is 1. The lowest BCUT2D eigenvalue weighted by atomic mass is 10.1. The van der Waals surface area contributed by atoms with E-state index in [4.69, 9.17) is 4.42 Å². The average Bonchev–Trinajstić information content (AvgIpc) is 2.83. The summed E-state index contributed by atoms with van der Waals surface area (Å²) in [5.41, 5.74) is 0.653. The molecule has 5 heteroatoms. The van der Waals surface area contributed by atoms with Gasteiger partial charge in [0.05, 0.1) is 11.6 Å². The van der Waals surface area contributed by atoms with Crippen LogP contribution in [-0.2, 0) is 0 Å². The molecule has 0 radical (unpaired) electrons. The Morgan fingerprint density at radius 1 is 1.32 bits per heavy atom. The van der Waals surface area contributed by atoms with Crippen LogP contribution in [0.25, 0.3) is 11.0 Å². The SMILES string of the molecule is CC1CN(c2c(F)cc(F)c3ccoc23)C(C)CN1. The van der Waals surface area contributed by atoms with E-state index in [9.17, 15) is 8.78 Å². The second-order valence-electron chi connectivity index (χ2n) is 5.16. The number of nitrogens with one attached hydrogen (secondary N) is 1. The summed E-state index contributed by atoms with van der Waals surface area (Å²) in [6.07, 6.45) is 1.40. The predicted molar refractivity (Wildman–Crippen MR) is 70.4 cm³/mol. The third-order valence-electron chi connectivity index (χ3n) is 3.67. The molecule has 1 aliphatic heterocycles. The molecule has 3 nitrogen and oxygen atoms in total. The number of rotatable bonds is 1. The Hall–Kier alpha value is -1.62. The lowest BCUT2D eigenvalue weighted by Gasteiger charge is -2.39. The maximum atomic E-state index is 14.2. The summed E-state index contributed by atoms with van der Waals surface area (Å²) >= 11 is 0. The molecular weight excluding hydrogens is 250 g/mol. The molecule has 1 saturated heterocycles. The summed E-state index contributed by atoms with van der Waals surface area (Å²) < 4.78 is 33.2. The van der Waals surface area contributed by atoms with Crippen molar-refractivity contribution in [2.75, 3.05) is 18.0 Å². The number of nitrogens with zero attached hydrogens (tertiary/aromatic N) is 1. The van der Waals surface area contributed by atoms with Gasteiger partial charge in [-0.25, -0.2) is 8.78 Å². The third-order valence-corrected chi connectivity index (χ3v) is 3.67. The zero-order chi connectivity index (χ0) is 13.6. The molecule has 1 fully saturated rings. The lowest BCUT2D eigenvalue weighted by Crippen LogP contribution is -2.54. The smallest absolute Gasteiger partial charge is 0.163 e. The first-order chi connectivity index (χ1) is 9.08. The molecule has 2 aromatic rings. The highest BCUT2D eigenvalue weighted by atomic mass is 19.1. The second-order valence-corrected chi connectivity index (χ2v) is 5.16. The third kappa shape index (κ3) is 1.98. The van der Waals surface area contributed by atoms with Crippen LogP contribution in [0.5, 0.6) is 0 Å². The van der Waals surface area contributed by atoms with E-state index in [2.05, 4.69) is 5.32 Å². The van der Waals surface area contributed by atoms with Crippen LogP contribution in [0.2, 0.25) is 0 Å². The van der Waals surface area contributed by atoms with E-state index in [1.54, 1.807) is 0 Å². The van der Waals surface area contributed by atoms with Crippen molar-refractivity contribution in [1.29, 1.82) is 0 Å². The van der Waals surface area contributed by atoms with Gasteiger partial charge in [-0.15, -0.1) is 0 Å². The first-order valence-corrected chi connectivity index (χ1v) is 6.43. The zero-order valence-electron chi connectivity index (χ0n) is 10.9. The van der Waals surface area contributed by atoms with E-state index in [0.29, 0.717) is 23.2 Å². The van der Waals surface area contributed by atoms with Gasteiger partial charge in [0.1, 0.15) is 11.5 Å². The fourth-order valence-corrected chi connectivity index (χ4v) is 2.65. The Kier molecular flexibility index (Phi) is 2.93. The standard InChI is InChI=1S/C14H16F2N2O/c1-8-7-18(9(2)6-17-8)13-12(16)5-11(15)10-3-4-19-14(10)13/h3-5,8-9,17H,6-7H2,1-2H3. The Balaban J connectivity index is 2.16. The van der Waals surface area contributed by atoms with Gasteiger partial charge in [0.25, 0.3) is 0 Å². The van der Waals surface area contributed by atoms with Crippen LogP contribution >= 0.6 is 0 Å². The molecule has 0 bridgehead atoms. The lowest BCUT2D eigenvalue weighted by molar-refractivity contribution is 0.419. The van der Waals surface area contributed by atoms with Crippen LogP contribution in [0.4, 0.5) is 14.5 Å². The predicted octanol–water partition coefficient (Wildman–Crippen LogP) is 2.90. The Morgan fingerprint density at radius 3 is 2.89 bits per heavy atom. The van der Waals surface area contributed by atoms with Crippen molar-refractivity contribution in [2.24, 2.45) is 0 Å². The molecule has 0 aliphatic carbocycles. The molecule has 1 N–H and O–H groups in total. The van der Waals surface area contributed by atoms with E-state index in [0.717, 1.165) is 12.6 Å². The van der Waals surface area contributed by atoms with Gasteiger partial charge in [0, 0.05) is 31.2 Å². The van der Waals surface area contributed by atoms with Gasteiger partial charge in [-0.05, 0) is 19.9 Å². The number of hydrogen-bond donors (Lipinski definition) is 1. The second kappa shape index (κ2) is 4.49. The molecular formula is C14H16F2N2O. The highest BCUT2D eigenvalue weighted by Gasteiger charge is 2.28. The van der Waals surface area contributed by atoms with E-state index in [1.165, 1.54) is 12.3 Å². The van der Waals surface area contributed by atoms with Crippen LogP contribution in [-0.4, -0.2) is 25.2 Å². The Bertz CT molecular complexity index is 611. The molecule has 2 heterocycles. The summed E-state index contributed by atoms with van der Waals surface area (Å²) in [4.78, 5) is 1.95. The van der Waals surface area contributed by atoms with Crippen molar-refractivity contribution in [2.45, 2.75) is 25.9 Å². The minimum absolute atomic E-state index is 0.129. The van der Waals surface area contributed by atoms with E-state index < -0.39 is 11.6 Å². The van der Waals surface area contributed by atoms with E-state index in [-0.39, 0.29) is 12.1 Å². The molecule has 2 unspecified atom stereocenters. The summed E-state index contributed by atoms with van der Waals surface area (Å²) in [5.74, 6) is -1.15. The molecule has 1 aliphatic rings. The zero-order valence-corrected chi connectivity index (χ0v) is 10.9. The maximum Gasteiger partial charge on any atom is 0.163 e. The Morgan fingerprint density at radius 2 is 2.11 bits per heavy atom. The minimum atomic E-state index is -0.583. The number of furan rings is 1. The molecule has 102 valence electrons. The molecule has 2 atom stereocenters. The van der Waals surface area contributed by atoms with Crippen LogP contribution in [0.3, 0.4) is 0 Å². The topological polar surface area (TPSA) is 28.4 Å². The minimum Gasteiger partial charge on any atom is -0.462 e. The number of fused-ring (bicyclic) bond motifs is 1. The number of hydrogen-bond acceptors (Lipinski definition) is 3. The van der Waals surface area contributed by atoms with Gasteiger partial charge >= 0.3 is 0 Å². The molecule has 1 aromatic carbocycles. The van der Waals surface area contributed by atoms with Crippen molar-refractivity contribution in [3.05, 3.63) is 30.0 Å². The van der Waals surface area contributed by atoms with Gasteiger partial charge in [0.2, 0.25) is 0 Å². The number of benzene rings is 1. The van der Waals surface area contributed by atoms with Gasteiger partial charge in [-0.1, -0.05) is 0 Å². The summed E-state index contributed by atoms with van der Waals surface area (Å²) in [6, 6.07) is 2.85. The van der Waals surface area contributed by atoms with Gasteiger partial charge in [-0.2, -0.15) is 0 Å². The average molecular weight is 266 g/mol. The summed E-state index contributed by atoms with van der Waals surface area (Å²) in [7, 11) is 0. The van der Waals surface area contributed by atoms with Crippen LogP contribution in [0, 0.1) is 11.6 Å². The monoisotopic (exact) mass is 266 g/mol. The molecule has 1 aromatic heterocycles. The highest BCUT2D eigenvalue weighted by molar-refractivity contribution is 5.90. The number of anilines is 1. The van der Waals surface area contributed by atoms with Crippen LogP contribution < -0.4 is 10.2 Å². The fourth-order valence-electron chi connectivity index (χ4n) is 2.65. The normalized spacial score (nSPS) is 24.1. The molecule has 3 rings (SSSR count). The van der Waals surface area contributed by atoms with Crippen molar-refractivity contribution >= 4 is 16.7 Å². The van der Waals surface area contributed by atoms with Crippen molar-refractivity contribution in [1.82, 2.24) is 5.32 Å². The van der Waals surface area contributed by atoms with Crippen LogP contribution in [0.1, 0.15) is 13.8 Å². The van der Waals surface area contributed by atoms with E-state index in [1.807, 2.05) is 18.7 Å². The fraction of sp³-hybridized carbons (Fsp3) is 0.429. The van der Waals surface area contributed by atoms with Crippen molar-refractivity contribution in [3.8, 4) is 0 Å². The molecule has 0 amide bonds.